The first-order chi connectivity index (χ1) is 10.1. The first-order valence-electron chi connectivity index (χ1n) is 6.56. The van der Waals surface area contributed by atoms with Crippen LogP contribution in [0.4, 0.5) is 0 Å². The minimum atomic E-state index is -0.181. The minimum absolute atomic E-state index is 0.138. The Labute approximate surface area is 120 Å². The van der Waals surface area contributed by atoms with Crippen LogP contribution < -0.4 is 5.32 Å². The van der Waals surface area contributed by atoms with E-state index in [0.717, 1.165) is 17.0 Å². The van der Waals surface area contributed by atoms with E-state index >= 15 is 0 Å². The van der Waals surface area contributed by atoms with Gasteiger partial charge in [0.25, 0.3) is 5.91 Å². The third-order valence-corrected chi connectivity index (χ3v) is 3.42. The Kier molecular flexibility index (Phi) is 3.13. The maximum atomic E-state index is 12.3. The molecule has 0 aliphatic heterocycles. The van der Waals surface area contributed by atoms with Gasteiger partial charge in [0.05, 0.1) is 17.3 Å². The van der Waals surface area contributed by atoms with Gasteiger partial charge in [0, 0.05) is 17.5 Å². The van der Waals surface area contributed by atoms with E-state index in [1.165, 1.54) is 4.52 Å². The van der Waals surface area contributed by atoms with Crippen molar-refractivity contribution in [1.29, 1.82) is 0 Å². The van der Waals surface area contributed by atoms with E-state index in [-0.39, 0.29) is 11.9 Å². The number of carbonyl (C=O) groups excluding carboxylic acids is 1. The maximum Gasteiger partial charge on any atom is 0.253 e. The molecule has 0 radical (unpaired) electrons. The fourth-order valence-electron chi connectivity index (χ4n) is 2.43. The number of nitrogens with one attached hydrogen (secondary N) is 2. The summed E-state index contributed by atoms with van der Waals surface area (Å²) in [6, 6.07) is 3.26. The SMILES string of the molecule is Cc1n[nH]c(C)c1[C@H](C)NC(=O)c1ccc2nnnn2c1. The van der Waals surface area contributed by atoms with E-state index < -0.39 is 0 Å². The summed E-state index contributed by atoms with van der Waals surface area (Å²) in [4.78, 5) is 12.3. The summed E-state index contributed by atoms with van der Waals surface area (Å²) in [5.41, 5.74) is 3.95. The van der Waals surface area contributed by atoms with Gasteiger partial charge in [-0.2, -0.15) is 9.61 Å². The maximum absolute atomic E-state index is 12.3. The van der Waals surface area contributed by atoms with Gasteiger partial charge in [0.15, 0.2) is 5.65 Å². The van der Waals surface area contributed by atoms with Crippen LogP contribution in [0.3, 0.4) is 0 Å². The first kappa shape index (κ1) is 13.2. The predicted octanol–water partition coefficient (Wildman–Crippen LogP) is 0.955. The van der Waals surface area contributed by atoms with Crippen molar-refractivity contribution in [3.63, 3.8) is 0 Å². The highest BCUT2D eigenvalue weighted by atomic mass is 16.1. The number of hydrogen-bond acceptors (Lipinski definition) is 5. The summed E-state index contributed by atoms with van der Waals surface area (Å²) < 4.78 is 1.47. The quantitative estimate of drug-likeness (QED) is 0.746. The van der Waals surface area contributed by atoms with Gasteiger partial charge in [-0.05, 0) is 43.3 Å². The van der Waals surface area contributed by atoms with E-state index in [2.05, 4.69) is 31.0 Å². The number of fused-ring (bicyclic) bond motifs is 1. The van der Waals surface area contributed by atoms with Crippen molar-refractivity contribution in [2.75, 3.05) is 0 Å². The fraction of sp³-hybridized carbons (Fsp3) is 0.308. The average Bonchev–Trinajstić information content (AvgIpc) is 3.04. The molecule has 1 atom stereocenters. The third kappa shape index (κ3) is 2.35. The monoisotopic (exact) mass is 285 g/mol. The van der Waals surface area contributed by atoms with Crippen LogP contribution in [0.5, 0.6) is 0 Å². The second-order valence-electron chi connectivity index (χ2n) is 4.94. The Balaban J connectivity index is 1.82. The van der Waals surface area contributed by atoms with Gasteiger partial charge in [-0.3, -0.25) is 9.89 Å². The topological polar surface area (TPSA) is 101 Å². The van der Waals surface area contributed by atoms with Gasteiger partial charge < -0.3 is 5.32 Å². The highest BCUT2D eigenvalue weighted by Crippen LogP contribution is 2.19. The van der Waals surface area contributed by atoms with Gasteiger partial charge >= 0.3 is 0 Å². The molecular weight excluding hydrogens is 270 g/mol. The van der Waals surface area contributed by atoms with Crippen LogP contribution in [-0.4, -0.2) is 36.1 Å². The van der Waals surface area contributed by atoms with Crippen molar-refractivity contribution < 1.29 is 4.79 Å². The molecule has 0 aliphatic carbocycles. The van der Waals surface area contributed by atoms with Gasteiger partial charge in [-0.15, -0.1) is 5.10 Å². The van der Waals surface area contributed by atoms with Crippen molar-refractivity contribution in [3.05, 3.63) is 40.8 Å². The molecule has 0 spiro atoms. The Morgan fingerprint density at radius 2 is 2.19 bits per heavy atom. The lowest BCUT2D eigenvalue weighted by Gasteiger charge is -2.14. The predicted molar refractivity (Wildman–Crippen MR) is 74.7 cm³/mol. The lowest BCUT2D eigenvalue weighted by atomic mass is 10.1. The van der Waals surface area contributed by atoms with E-state index in [4.69, 9.17) is 0 Å². The van der Waals surface area contributed by atoms with E-state index in [1.54, 1.807) is 18.3 Å². The number of H-pyrrole nitrogens is 1. The number of aryl methyl sites for hydroxylation is 2. The summed E-state index contributed by atoms with van der Waals surface area (Å²) in [6.07, 6.45) is 1.60. The molecule has 21 heavy (non-hydrogen) atoms. The zero-order valence-corrected chi connectivity index (χ0v) is 12.0. The highest BCUT2D eigenvalue weighted by Gasteiger charge is 2.17. The smallest absolute Gasteiger partial charge is 0.253 e. The molecule has 3 aromatic rings. The molecule has 108 valence electrons. The standard InChI is InChI=1S/C13H15N7O/c1-7(12-8(2)15-16-9(12)3)14-13(21)10-4-5-11-17-18-19-20(11)6-10/h4-7H,1-3H3,(H,14,21)(H,15,16)/t7-/m0/s1. The lowest BCUT2D eigenvalue weighted by molar-refractivity contribution is 0.0939. The summed E-state index contributed by atoms with van der Waals surface area (Å²) in [6.45, 7) is 5.78. The van der Waals surface area contributed by atoms with E-state index in [1.807, 2.05) is 20.8 Å². The number of pyridine rings is 1. The van der Waals surface area contributed by atoms with Crippen LogP contribution in [0.15, 0.2) is 18.3 Å². The number of amides is 1. The Morgan fingerprint density at radius 3 is 2.90 bits per heavy atom. The average molecular weight is 285 g/mol. The fourth-order valence-corrected chi connectivity index (χ4v) is 2.43. The van der Waals surface area contributed by atoms with Crippen LogP contribution >= 0.6 is 0 Å². The molecule has 8 heteroatoms. The summed E-state index contributed by atoms with van der Waals surface area (Å²) in [5, 5.41) is 21.1. The van der Waals surface area contributed by atoms with Crippen LogP contribution in [0.2, 0.25) is 0 Å². The first-order valence-corrected chi connectivity index (χ1v) is 6.56. The van der Waals surface area contributed by atoms with Crippen molar-refractivity contribution in [2.45, 2.75) is 26.8 Å². The molecule has 8 nitrogen and oxygen atoms in total. The number of carbonyl (C=O) groups is 1. The molecule has 0 aliphatic rings. The van der Waals surface area contributed by atoms with Crippen LogP contribution in [0.1, 0.15) is 40.3 Å². The summed E-state index contributed by atoms with van der Waals surface area (Å²) in [5.74, 6) is -0.181. The molecule has 0 aromatic carbocycles. The molecule has 3 aromatic heterocycles. The van der Waals surface area contributed by atoms with Gasteiger partial charge in [-0.25, -0.2) is 0 Å². The molecule has 0 fully saturated rings. The van der Waals surface area contributed by atoms with Crippen molar-refractivity contribution in [2.24, 2.45) is 0 Å². The van der Waals surface area contributed by atoms with Gasteiger partial charge in [0.2, 0.25) is 0 Å². The van der Waals surface area contributed by atoms with E-state index in [9.17, 15) is 4.79 Å². The lowest BCUT2D eigenvalue weighted by Crippen LogP contribution is -2.27. The van der Waals surface area contributed by atoms with Gasteiger partial charge in [0.1, 0.15) is 0 Å². The van der Waals surface area contributed by atoms with Crippen LogP contribution in [-0.2, 0) is 0 Å². The number of aromatic nitrogens is 6. The Hall–Kier alpha value is -2.77. The third-order valence-electron chi connectivity index (χ3n) is 3.42. The molecule has 0 unspecified atom stereocenters. The molecule has 3 rings (SSSR count). The largest absolute Gasteiger partial charge is 0.345 e. The second-order valence-corrected chi connectivity index (χ2v) is 4.94. The van der Waals surface area contributed by atoms with Crippen LogP contribution in [0.25, 0.3) is 5.65 Å². The molecule has 0 saturated heterocycles. The van der Waals surface area contributed by atoms with Crippen molar-refractivity contribution in [3.8, 4) is 0 Å². The molecule has 2 N–H and O–H groups in total. The number of rotatable bonds is 3. The van der Waals surface area contributed by atoms with E-state index in [0.29, 0.717) is 11.2 Å². The summed E-state index contributed by atoms with van der Waals surface area (Å²) in [7, 11) is 0. The summed E-state index contributed by atoms with van der Waals surface area (Å²) >= 11 is 0. The normalized spacial score (nSPS) is 12.5. The number of tetrazole rings is 1. The minimum Gasteiger partial charge on any atom is -0.345 e. The number of aromatic amines is 1. The second kappa shape index (κ2) is 4.97. The molecular formula is C13H15N7O. The molecule has 0 bridgehead atoms. The molecule has 0 saturated carbocycles. The number of nitrogens with zero attached hydrogens (tertiary/aromatic N) is 5. The van der Waals surface area contributed by atoms with Crippen LogP contribution in [0, 0.1) is 13.8 Å². The Bertz CT molecular complexity index is 784. The van der Waals surface area contributed by atoms with Crippen molar-refractivity contribution in [1.82, 2.24) is 35.6 Å². The molecule has 3 heterocycles. The highest BCUT2D eigenvalue weighted by molar-refractivity contribution is 5.94. The zero-order chi connectivity index (χ0) is 15.0. The number of hydrogen-bond donors (Lipinski definition) is 2. The zero-order valence-electron chi connectivity index (χ0n) is 12.0. The Morgan fingerprint density at radius 1 is 1.38 bits per heavy atom. The van der Waals surface area contributed by atoms with Gasteiger partial charge in [-0.1, -0.05) is 0 Å². The molecule has 1 amide bonds. The van der Waals surface area contributed by atoms with Crippen molar-refractivity contribution >= 4 is 11.6 Å².